The summed E-state index contributed by atoms with van der Waals surface area (Å²) in [5, 5.41) is 31.5. The molecule has 0 bridgehead atoms. The van der Waals surface area contributed by atoms with E-state index in [4.69, 9.17) is 14.2 Å². The van der Waals surface area contributed by atoms with Crippen molar-refractivity contribution in [1.82, 2.24) is 0 Å². The van der Waals surface area contributed by atoms with Crippen LogP contribution in [0.2, 0.25) is 0 Å². The number of hydrogen-bond acceptors (Lipinski definition) is 10. The first-order valence-electron chi connectivity index (χ1n) is 18.2. The molecule has 4 heterocycles. The highest BCUT2D eigenvalue weighted by Crippen LogP contribution is 2.57. The zero-order valence-corrected chi connectivity index (χ0v) is 35.3. The van der Waals surface area contributed by atoms with Gasteiger partial charge in [0.05, 0.1) is 34.7 Å². The first kappa shape index (κ1) is 38.0. The predicted octanol–water partition coefficient (Wildman–Crippen LogP) is 9.57. The Bertz CT molecular complexity index is 2260. The highest BCUT2D eigenvalue weighted by Gasteiger charge is 2.60. The lowest BCUT2D eigenvalue weighted by molar-refractivity contribution is -0.385. The number of halogens is 2. The number of nitrogens with zero attached hydrogens (tertiary/aromatic N) is 4. The van der Waals surface area contributed by atoms with Crippen molar-refractivity contribution in [3.05, 3.63) is 128 Å². The number of alkyl halides is 2. The topological polar surface area (TPSA) is 121 Å². The molecule has 0 saturated carbocycles. The van der Waals surface area contributed by atoms with Crippen molar-refractivity contribution >= 4 is 80.1 Å². The monoisotopic (exact) mass is 968 g/mol. The number of non-ortho nitro benzene ring substituents is 1. The summed E-state index contributed by atoms with van der Waals surface area (Å²) in [5.74, 6) is 1.39. The van der Waals surface area contributed by atoms with Crippen LogP contribution >= 0.6 is 45.2 Å². The normalized spacial score (nSPS) is 21.9. The average Bonchev–Trinajstić information content (AvgIpc) is 3.47. The molecule has 4 aromatic carbocycles. The molecule has 13 heteroatoms. The Kier molecular flexibility index (Phi) is 9.63. The highest BCUT2D eigenvalue weighted by molar-refractivity contribution is 14.1. The van der Waals surface area contributed by atoms with Crippen LogP contribution in [0.3, 0.4) is 0 Å². The van der Waals surface area contributed by atoms with Crippen molar-refractivity contribution in [2.45, 2.75) is 58.8 Å². The molecule has 0 radical (unpaired) electrons. The Morgan fingerprint density at radius 3 is 1.69 bits per heavy atom. The minimum atomic E-state index is -0.890. The van der Waals surface area contributed by atoms with Gasteiger partial charge in [0.2, 0.25) is 11.4 Å². The van der Waals surface area contributed by atoms with Gasteiger partial charge < -0.3 is 24.0 Å². The third kappa shape index (κ3) is 5.74. The van der Waals surface area contributed by atoms with Gasteiger partial charge in [0, 0.05) is 67.7 Å². The number of anilines is 3. The second-order valence-electron chi connectivity index (χ2n) is 15.3. The van der Waals surface area contributed by atoms with Crippen LogP contribution in [0.1, 0.15) is 61.1 Å². The maximum absolute atomic E-state index is 11.7. The summed E-state index contributed by atoms with van der Waals surface area (Å²) in [4.78, 5) is 16.0. The lowest BCUT2D eigenvalue weighted by Crippen LogP contribution is -2.60. The van der Waals surface area contributed by atoms with Gasteiger partial charge in [0.25, 0.3) is 5.69 Å². The van der Waals surface area contributed by atoms with Crippen LogP contribution in [-0.4, -0.2) is 53.1 Å². The number of benzene rings is 4. The number of para-hydroxylation sites is 2. The Hall–Kier alpha value is -3.90. The standard InChI is InChI=1S/C42H42I2N4O7/c1-39(2)33-9-5-7-11-35(33)45(41(39)15-13-27-21-31(47(49)50)23-29(25-43)37(27)54-41)17-19-53-20-18-46-36-12-8-6-10-34(36)40(3,4)42(46)16-14-28-22-32(48(51)52)24-30(26-44)38(28)55-42/h5-16,21-24,49-50H,17-20,25-26H2,1-4H3. The zero-order valence-electron chi connectivity index (χ0n) is 31.0. The Balaban J connectivity index is 1.06. The fraction of sp³-hybridized carbons (Fsp3) is 0.333. The van der Waals surface area contributed by atoms with E-state index in [-0.39, 0.29) is 21.5 Å². The fourth-order valence-corrected chi connectivity index (χ4v) is 10.1. The predicted molar refractivity (Wildman–Crippen MR) is 230 cm³/mol. The number of rotatable bonds is 10. The summed E-state index contributed by atoms with van der Waals surface area (Å²) < 4.78 is 21.9. The Morgan fingerprint density at radius 1 is 0.745 bits per heavy atom. The smallest absolute Gasteiger partial charge is 0.270 e. The van der Waals surface area contributed by atoms with Crippen molar-refractivity contribution in [2.24, 2.45) is 0 Å². The minimum Gasteiger partial charge on any atom is -0.462 e. The minimum absolute atomic E-state index is 0.0530. The van der Waals surface area contributed by atoms with Gasteiger partial charge in [-0.2, -0.15) is 0 Å². The van der Waals surface area contributed by atoms with Crippen molar-refractivity contribution in [3.8, 4) is 11.5 Å². The third-order valence-corrected chi connectivity index (χ3v) is 13.5. The molecule has 0 aromatic heterocycles. The fourth-order valence-electron chi connectivity index (χ4n) is 8.94. The molecular weight excluding hydrogens is 926 g/mol. The largest absolute Gasteiger partial charge is 0.462 e. The van der Waals surface area contributed by atoms with E-state index in [0.29, 0.717) is 46.5 Å². The summed E-state index contributed by atoms with van der Waals surface area (Å²) in [6.07, 6.45) is 8.14. The molecule has 55 heavy (non-hydrogen) atoms. The van der Waals surface area contributed by atoms with E-state index in [0.717, 1.165) is 39.4 Å². The number of nitro groups is 1. The van der Waals surface area contributed by atoms with Gasteiger partial charge in [-0.25, -0.2) is 0 Å². The summed E-state index contributed by atoms with van der Waals surface area (Å²) in [7, 11) is 0. The van der Waals surface area contributed by atoms with Gasteiger partial charge in [-0.1, -0.05) is 81.6 Å². The molecule has 4 aromatic rings. The molecule has 2 spiro atoms. The van der Waals surface area contributed by atoms with Crippen LogP contribution in [0.4, 0.5) is 22.7 Å². The number of nitro benzene ring substituents is 1. The Morgan fingerprint density at radius 2 is 1.22 bits per heavy atom. The average molecular weight is 969 g/mol. The van der Waals surface area contributed by atoms with Gasteiger partial charge in [-0.05, 0) is 87.4 Å². The quantitative estimate of drug-likeness (QED) is 0.0523. The summed E-state index contributed by atoms with van der Waals surface area (Å²) in [6.45, 7) is 10.7. The first-order valence-corrected chi connectivity index (χ1v) is 21.2. The van der Waals surface area contributed by atoms with E-state index in [9.17, 15) is 20.5 Å². The van der Waals surface area contributed by atoms with Crippen LogP contribution in [0.15, 0.2) is 84.9 Å². The highest BCUT2D eigenvalue weighted by atomic mass is 127. The maximum atomic E-state index is 11.7. The van der Waals surface area contributed by atoms with Crippen molar-refractivity contribution < 1.29 is 29.5 Å². The molecule has 0 amide bonds. The van der Waals surface area contributed by atoms with Gasteiger partial charge in [-0.15, -0.1) is 5.23 Å². The molecular formula is C42H42I2N4O7. The van der Waals surface area contributed by atoms with E-state index in [2.05, 4.69) is 131 Å². The molecule has 4 aliphatic heterocycles. The number of hydrogen-bond donors (Lipinski definition) is 2. The van der Waals surface area contributed by atoms with Crippen LogP contribution < -0.4 is 24.5 Å². The summed E-state index contributed by atoms with van der Waals surface area (Å²) in [6, 6.07) is 23.4. The molecule has 2 N–H and O–H groups in total. The second kappa shape index (κ2) is 13.9. The molecule has 8 rings (SSSR count). The molecule has 4 aliphatic rings. The van der Waals surface area contributed by atoms with Crippen LogP contribution in [0.5, 0.6) is 11.5 Å². The second-order valence-corrected chi connectivity index (χ2v) is 16.8. The number of fused-ring (bicyclic) bond motifs is 4. The van der Waals surface area contributed by atoms with Crippen molar-refractivity contribution in [1.29, 1.82) is 0 Å². The number of ether oxygens (including phenoxy) is 3. The van der Waals surface area contributed by atoms with Gasteiger partial charge >= 0.3 is 0 Å². The molecule has 0 aliphatic carbocycles. The van der Waals surface area contributed by atoms with Crippen molar-refractivity contribution in [2.75, 3.05) is 41.3 Å². The lowest BCUT2D eigenvalue weighted by atomic mass is 9.76. The van der Waals surface area contributed by atoms with E-state index in [1.807, 2.05) is 24.3 Å². The van der Waals surface area contributed by atoms with E-state index in [1.54, 1.807) is 24.3 Å². The first-order chi connectivity index (χ1) is 26.3. The molecule has 0 fully saturated rings. The van der Waals surface area contributed by atoms with Crippen LogP contribution in [0, 0.1) is 10.1 Å². The lowest BCUT2D eigenvalue weighted by Gasteiger charge is -2.48. The van der Waals surface area contributed by atoms with E-state index >= 15 is 0 Å². The molecule has 0 saturated heterocycles. The van der Waals surface area contributed by atoms with Crippen molar-refractivity contribution in [3.63, 3.8) is 0 Å². The third-order valence-electron chi connectivity index (χ3n) is 11.8. The van der Waals surface area contributed by atoms with Gasteiger partial charge in [-0.3, -0.25) is 20.5 Å². The molecule has 286 valence electrons. The van der Waals surface area contributed by atoms with Gasteiger partial charge in [0.1, 0.15) is 11.5 Å². The molecule has 2 atom stereocenters. The van der Waals surface area contributed by atoms with E-state index < -0.39 is 22.3 Å². The molecule has 2 unspecified atom stereocenters. The summed E-state index contributed by atoms with van der Waals surface area (Å²) in [5.41, 5.74) is 5.25. The maximum Gasteiger partial charge on any atom is 0.270 e. The van der Waals surface area contributed by atoms with Crippen LogP contribution in [0.25, 0.3) is 12.2 Å². The Labute approximate surface area is 347 Å². The summed E-state index contributed by atoms with van der Waals surface area (Å²) >= 11 is 4.51. The molecule has 11 nitrogen and oxygen atoms in total. The van der Waals surface area contributed by atoms with Crippen LogP contribution in [-0.2, 0) is 24.4 Å². The SMILES string of the molecule is CC1(C)c2ccccc2N(CCOCCN2c3ccccc3C(C)(C)C23C=Cc2cc([N+](=O)[O-])cc(CI)c2O3)C12C=Cc1cc(N(O)O)cc(CI)c1O2. The zero-order chi connectivity index (χ0) is 38.9. The van der Waals surface area contributed by atoms with Gasteiger partial charge in [0.15, 0.2) is 0 Å². The van der Waals surface area contributed by atoms with E-state index in [1.165, 1.54) is 5.56 Å².